The number of ether oxygens (including phenoxy) is 2. The summed E-state index contributed by atoms with van der Waals surface area (Å²) in [4.78, 5) is 0. The normalized spacial score (nSPS) is 11.0. The Labute approximate surface area is 150 Å². The van der Waals surface area contributed by atoms with Crippen LogP contribution < -0.4 is 9.47 Å². The number of hydrogen-bond donors (Lipinski definition) is 0. The Balaban J connectivity index is 2.48. The van der Waals surface area contributed by atoms with E-state index < -0.39 is 0 Å². The van der Waals surface area contributed by atoms with E-state index in [9.17, 15) is 5.26 Å². The van der Waals surface area contributed by atoms with Gasteiger partial charge in [0.05, 0.1) is 28.9 Å². The molecule has 2 rings (SSSR count). The monoisotopic (exact) mass is 419 g/mol. The van der Waals surface area contributed by atoms with Crippen LogP contribution >= 0.6 is 22.6 Å². The highest BCUT2D eigenvalue weighted by Gasteiger charge is 2.11. The molecule has 23 heavy (non-hydrogen) atoms. The highest BCUT2D eigenvalue weighted by atomic mass is 127. The van der Waals surface area contributed by atoms with E-state index in [1.54, 1.807) is 7.11 Å². The van der Waals surface area contributed by atoms with Gasteiger partial charge >= 0.3 is 0 Å². The molecular weight excluding hydrogens is 401 g/mol. The molecule has 118 valence electrons. The van der Waals surface area contributed by atoms with Crippen LogP contribution in [-0.2, 0) is 0 Å². The van der Waals surface area contributed by atoms with Crippen molar-refractivity contribution in [1.82, 2.24) is 0 Å². The van der Waals surface area contributed by atoms with Gasteiger partial charge in [-0.05, 0) is 65.8 Å². The minimum absolute atomic E-state index is 0.558. The highest BCUT2D eigenvalue weighted by molar-refractivity contribution is 14.1. The second kappa shape index (κ2) is 8.02. The van der Waals surface area contributed by atoms with E-state index in [0.717, 1.165) is 20.4 Å². The van der Waals surface area contributed by atoms with Crippen LogP contribution in [0.25, 0.3) is 11.6 Å². The average molecular weight is 419 g/mol. The van der Waals surface area contributed by atoms with E-state index in [2.05, 4.69) is 28.7 Å². The molecular formula is C19H18INO2. The number of allylic oxidation sites excluding steroid dienone is 1. The number of halogens is 1. The van der Waals surface area contributed by atoms with Gasteiger partial charge in [-0.1, -0.05) is 29.8 Å². The molecule has 0 radical (unpaired) electrons. The van der Waals surface area contributed by atoms with Crippen LogP contribution in [0.15, 0.2) is 36.4 Å². The van der Waals surface area contributed by atoms with Crippen LogP contribution in [0.3, 0.4) is 0 Å². The van der Waals surface area contributed by atoms with Crippen molar-refractivity contribution in [1.29, 1.82) is 5.26 Å². The number of nitrogens with zero attached hydrogens (tertiary/aromatic N) is 1. The summed E-state index contributed by atoms with van der Waals surface area (Å²) in [5.41, 5.74) is 3.61. The molecule has 0 aliphatic heterocycles. The minimum Gasteiger partial charge on any atom is -0.492 e. The van der Waals surface area contributed by atoms with Crippen molar-refractivity contribution in [2.45, 2.75) is 13.8 Å². The van der Waals surface area contributed by atoms with Crippen LogP contribution in [-0.4, -0.2) is 13.7 Å². The summed E-state index contributed by atoms with van der Waals surface area (Å²) < 4.78 is 12.0. The minimum atomic E-state index is 0.558. The van der Waals surface area contributed by atoms with Crippen LogP contribution in [0, 0.1) is 21.8 Å². The zero-order chi connectivity index (χ0) is 16.8. The summed E-state index contributed by atoms with van der Waals surface area (Å²) in [6, 6.07) is 14.1. The van der Waals surface area contributed by atoms with E-state index in [1.807, 2.05) is 56.3 Å². The molecule has 0 fully saturated rings. The fraction of sp³-hybridized carbons (Fsp3) is 0.211. The standard InChI is InChI=1S/C19H18INO2/c1-4-23-18-11-14(10-17(20)19(18)22-3)9-16(12-21)15-7-5-13(2)6-8-15/h5-11H,4H2,1-3H3/b16-9-. The van der Waals surface area contributed by atoms with E-state index in [-0.39, 0.29) is 0 Å². The van der Waals surface area contributed by atoms with Crippen molar-refractivity contribution in [3.63, 3.8) is 0 Å². The first-order valence-corrected chi connectivity index (χ1v) is 8.36. The van der Waals surface area contributed by atoms with Gasteiger partial charge < -0.3 is 9.47 Å². The summed E-state index contributed by atoms with van der Waals surface area (Å²) >= 11 is 2.21. The topological polar surface area (TPSA) is 42.2 Å². The van der Waals surface area contributed by atoms with Gasteiger partial charge in [0.1, 0.15) is 0 Å². The summed E-state index contributed by atoms with van der Waals surface area (Å²) in [5.74, 6) is 1.41. The van der Waals surface area contributed by atoms with Crippen molar-refractivity contribution >= 4 is 34.2 Å². The first-order chi connectivity index (χ1) is 11.1. The van der Waals surface area contributed by atoms with Crippen molar-refractivity contribution < 1.29 is 9.47 Å². The first-order valence-electron chi connectivity index (χ1n) is 7.28. The molecule has 2 aromatic carbocycles. The van der Waals surface area contributed by atoms with Crippen molar-refractivity contribution in [2.24, 2.45) is 0 Å². The van der Waals surface area contributed by atoms with Crippen molar-refractivity contribution in [3.05, 3.63) is 56.7 Å². The molecule has 0 aliphatic rings. The maximum absolute atomic E-state index is 9.48. The third-order valence-electron chi connectivity index (χ3n) is 3.33. The van der Waals surface area contributed by atoms with Crippen LogP contribution in [0.1, 0.15) is 23.6 Å². The molecule has 0 saturated heterocycles. The quantitative estimate of drug-likeness (QED) is 0.386. The van der Waals surface area contributed by atoms with E-state index in [0.29, 0.717) is 17.9 Å². The number of rotatable bonds is 5. The maximum atomic E-state index is 9.48. The molecule has 4 heteroatoms. The average Bonchev–Trinajstić information content (AvgIpc) is 2.54. The SMILES string of the molecule is CCOc1cc(/C=C(/C#N)c2ccc(C)cc2)cc(I)c1OC. The molecule has 0 aliphatic carbocycles. The Morgan fingerprint density at radius 1 is 1.26 bits per heavy atom. The Morgan fingerprint density at radius 2 is 1.96 bits per heavy atom. The lowest BCUT2D eigenvalue weighted by atomic mass is 10.0. The molecule has 3 nitrogen and oxygen atoms in total. The third kappa shape index (κ3) is 4.26. The van der Waals surface area contributed by atoms with Gasteiger partial charge in [0.2, 0.25) is 0 Å². The molecule has 0 unspecified atom stereocenters. The summed E-state index contributed by atoms with van der Waals surface area (Å²) in [5, 5.41) is 9.48. The van der Waals surface area contributed by atoms with Gasteiger partial charge in [-0.3, -0.25) is 0 Å². The fourth-order valence-corrected chi connectivity index (χ4v) is 3.06. The number of aryl methyl sites for hydroxylation is 1. The summed E-state index contributed by atoms with van der Waals surface area (Å²) in [6.45, 7) is 4.52. The van der Waals surface area contributed by atoms with E-state index in [4.69, 9.17) is 9.47 Å². The second-order valence-corrected chi connectivity index (χ2v) is 6.17. The maximum Gasteiger partial charge on any atom is 0.174 e. The summed E-state index contributed by atoms with van der Waals surface area (Å²) in [6.07, 6.45) is 1.87. The molecule has 0 atom stereocenters. The Kier molecular flexibility index (Phi) is 6.05. The Bertz CT molecular complexity index is 758. The molecule has 0 bridgehead atoms. The zero-order valence-corrected chi connectivity index (χ0v) is 15.5. The molecule has 0 heterocycles. The third-order valence-corrected chi connectivity index (χ3v) is 4.13. The second-order valence-electron chi connectivity index (χ2n) is 5.00. The molecule has 0 N–H and O–H groups in total. The molecule has 0 spiro atoms. The lowest BCUT2D eigenvalue weighted by Gasteiger charge is -2.12. The molecule has 0 saturated carbocycles. The zero-order valence-electron chi connectivity index (χ0n) is 13.4. The Morgan fingerprint density at radius 3 is 2.52 bits per heavy atom. The fourth-order valence-electron chi connectivity index (χ4n) is 2.21. The predicted octanol–water partition coefficient (Wildman–Crippen LogP) is 5.07. The number of methoxy groups -OCH3 is 1. The molecule has 0 aromatic heterocycles. The lowest BCUT2D eigenvalue weighted by Crippen LogP contribution is -1.98. The van der Waals surface area contributed by atoms with E-state index in [1.165, 1.54) is 5.56 Å². The van der Waals surface area contributed by atoms with Crippen molar-refractivity contribution in [2.75, 3.05) is 13.7 Å². The van der Waals surface area contributed by atoms with Gasteiger partial charge in [-0.25, -0.2) is 0 Å². The van der Waals surface area contributed by atoms with Gasteiger partial charge in [-0.15, -0.1) is 0 Å². The van der Waals surface area contributed by atoms with Crippen LogP contribution in [0.5, 0.6) is 11.5 Å². The van der Waals surface area contributed by atoms with Crippen molar-refractivity contribution in [3.8, 4) is 17.6 Å². The number of hydrogen-bond acceptors (Lipinski definition) is 3. The first kappa shape index (κ1) is 17.4. The van der Waals surface area contributed by atoms with Gasteiger partial charge in [0, 0.05) is 0 Å². The number of benzene rings is 2. The smallest absolute Gasteiger partial charge is 0.174 e. The lowest BCUT2D eigenvalue weighted by molar-refractivity contribution is 0.309. The van der Waals surface area contributed by atoms with Crippen LogP contribution in [0.2, 0.25) is 0 Å². The summed E-state index contributed by atoms with van der Waals surface area (Å²) in [7, 11) is 1.63. The molecule has 0 amide bonds. The number of nitriles is 1. The van der Waals surface area contributed by atoms with Gasteiger partial charge in [-0.2, -0.15) is 5.26 Å². The van der Waals surface area contributed by atoms with Gasteiger partial charge in [0.25, 0.3) is 0 Å². The Hall–Kier alpha value is -2.00. The highest BCUT2D eigenvalue weighted by Crippen LogP contribution is 2.35. The van der Waals surface area contributed by atoms with Crippen LogP contribution in [0.4, 0.5) is 0 Å². The van der Waals surface area contributed by atoms with Gasteiger partial charge in [0.15, 0.2) is 11.5 Å². The van der Waals surface area contributed by atoms with E-state index >= 15 is 0 Å². The predicted molar refractivity (Wildman–Crippen MR) is 102 cm³/mol. The largest absolute Gasteiger partial charge is 0.492 e. The molecule has 2 aromatic rings.